The Morgan fingerprint density at radius 3 is 2.73 bits per heavy atom. The monoisotopic (exact) mass is 207 g/mol. The van der Waals surface area contributed by atoms with Gasteiger partial charge in [0.25, 0.3) is 0 Å². The van der Waals surface area contributed by atoms with E-state index in [0.29, 0.717) is 13.2 Å². The average molecular weight is 207 g/mol. The quantitative estimate of drug-likeness (QED) is 0.570. The summed E-state index contributed by atoms with van der Waals surface area (Å²) in [5.41, 5.74) is 1.02. The molecule has 15 heavy (non-hydrogen) atoms. The molecule has 0 atom stereocenters. The van der Waals surface area contributed by atoms with Gasteiger partial charge in [0, 0.05) is 0 Å². The van der Waals surface area contributed by atoms with Crippen LogP contribution >= 0.6 is 0 Å². The third kappa shape index (κ3) is 5.18. The van der Waals surface area contributed by atoms with Crippen molar-refractivity contribution in [1.82, 2.24) is 5.32 Å². The Morgan fingerprint density at radius 2 is 2.07 bits per heavy atom. The van der Waals surface area contributed by atoms with Gasteiger partial charge in [-0.2, -0.15) is 0 Å². The number of ether oxygens (including phenoxy) is 1. The van der Waals surface area contributed by atoms with Gasteiger partial charge in [-0.25, -0.2) is 0 Å². The second kappa shape index (κ2) is 7.01. The fraction of sp³-hybridized carbons (Fsp3) is 0.417. The summed E-state index contributed by atoms with van der Waals surface area (Å²) in [5.74, 6) is -0.202. The van der Waals surface area contributed by atoms with Gasteiger partial charge in [-0.1, -0.05) is 37.3 Å². The van der Waals surface area contributed by atoms with Crippen LogP contribution in [0.2, 0.25) is 0 Å². The molecule has 1 aromatic carbocycles. The molecule has 0 aromatic heterocycles. The van der Waals surface area contributed by atoms with E-state index in [2.05, 4.69) is 12.2 Å². The number of carbonyl (C=O) groups excluding carboxylic acids is 1. The minimum Gasteiger partial charge on any atom is -0.460 e. The highest BCUT2D eigenvalue weighted by atomic mass is 16.5. The Labute approximate surface area is 90.4 Å². The lowest BCUT2D eigenvalue weighted by Gasteiger charge is -2.05. The lowest BCUT2D eigenvalue weighted by atomic mass is 10.2. The van der Waals surface area contributed by atoms with Crippen molar-refractivity contribution in [3.63, 3.8) is 0 Å². The molecule has 0 aliphatic carbocycles. The Morgan fingerprint density at radius 1 is 1.33 bits per heavy atom. The molecule has 0 saturated carbocycles. The van der Waals surface area contributed by atoms with Crippen LogP contribution in [0.4, 0.5) is 0 Å². The first-order valence-corrected chi connectivity index (χ1v) is 5.23. The standard InChI is InChI=1S/C12H17NO2/c1-2-8-13-9-12(14)15-10-11-6-4-3-5-7-11/h3-7,13H,2,8-10H2,1H3. The Hall–Kier alpha value is -1.35. The molecule has 1 N–H and O–H groups in total. The Kier molecular flexibility index (Phi) is 5.48. The van der Waals surface area contributed by atoms with Gasteiger partial charge in [-0.15, -0.1) is 0 Å². The van der Waals surface area contributed by atoms with Crippen molar-refractivity contribution in [3.05, 3.63) is 35.9 Å². The van der Waals surface area contributed by atoms with Gasteiger partial charge in [0.2, 0.25) is 0 Å². The molecule has 82 valence electrons. The lowest BCUT2D eigenvalue weighted by molar-refractivity contribution is -0.143. The van der Waals surface area contributed by atoms with Crippen molar-refractivity contribution in [3.8, 4) is 0 Å². The molecule has 0 radical (unpaired) electrons. The molecule has 0 heterocycles. The zero-order valence-electron chi connectivity index (χ0n) is 9.03. The molecule has 3 heteroatoms. The molecule has 0 aliphatic heterocycles. The van der Waals surface area contributed by atoms with E-state index in [9.17, 15) is 4.79 Å². The van der Waals surface area contributed by atoms with Crippen LogP contribution in [-0.2, 0) is 16.1 Å². The van der Waals surface area contributed by atoms with Crippen LogP contribution in [0.3, 0.4) is 0 Å². The molecule has 0 fully saturated rings. The number of nitrogens with one attached hydrogen (secondary N) is 1. The summed E-state index contributed by atoms with van der Waals surface area (Å²) in [6.45, 7) is 3.55. The summed E-state index contributed by atoms with van der Waals surface area (Å²) >= 11 is 0. The van der Waals surface area contributed by atoms with Crippen LogP contribution in [0, 0.1) is 0 Å². The number of benzene rings is 1. The summed E-state index contributed by atoms with van der Waals surface area (Å²) in [6, 6.07) is 9.67. The van der Waals surface area contributed by atoms with Crippen LogP contribution in [0.15, 0.2) is 30.3 Å². The SMILES string of the molecule is CCCNCC(=O)OCc1ccccc1. The van der Waals surface area contributed by atoms with E-state index in [1.54, 1.807) is 0 Å². The smallest absolute Gasteiger partial charge is 0.320 e. The second-order valence-electron chi connectivity index (χ2n) is 3.32. The van der Waals surface area contributed by atoms with Crippen LogP contribution in [0.25, 0.3) is 0 Å². The molecule has 0 unspecified atom stereocenters. The van der Waals surface area contributed by atoms with Crippen LogP contribution < -0.4 is 5.32 Å². The van der Waals surface area contributed by atoms with Crippen LogP contribution in [-0.4, -0.2) is 19.1 Å². The van der Waals surface area contributed by atoms with Gasteiger partial charge in [0.15, 0.2) is 0 Å². The van der Waals surface area contributed by atoms with Gasteiger partial charge in [0.1, 0.15) is 6.61 Å². The third-order valence-corrected chi connectivity index (χ3v) is 1.94. The van der Waals surface area contributed by atoms with Crippen LogP contribution in [0.1, 0.15) is 18.9 Å². The summed E-state index contributed by atoms with van der Waals surface area (Å²) in [4.78, 5) is 11.2. The first-order valence-electron chi connectivity index (χ1n) is 5.23. The van der Waals surface area contributed by atoms with Gasteiger partial charge in [-0.3, -0.25) is 4.79 Å². The van der Waals surface area contributed by atoms with E-state index in [1.807, 2.05) is 30.3 Å². The van der Waals surface area contributed by atoms with Crippen molar-refractivity contribution in [1.29, 1.82) is 0 Å². The number of esters is 1. The van der Waals surface area contributed by atoms with Crippen molar-refractivity contribution < 1.29 is 9.53 Å². The molecule has 3 nitrogen and oxygen atoms in total. The summed E-state index contributed by atoms with van der Waals surface area (Å²) < 4.78 is 5.07. The number of rotatable bonds is 6. The van der Waals surface area contributed by atoms with Crippen molar-refractivity contribution in [2.75, 3.05) is 13.1 Å². The largest absolute Gasteiger partial charge is 0.460 e. The van der Waals surface area contributed by atoms with Gasteiger partial charge >= 0.3 is 5.97 Å². The maximum absolute atomic E-state index is 11.2. The minimum absolute atomic E-state index is 0.202. The van der Waals surface area contributed by atoms with E-state index in [0.717, 1.165) is 18.5 Å². The number of hydrogen-bond acceptors (Lipinski definition) is 3. The highest BCUT2D eigenvalue weighted by Crippen LogP contribution is 2.00. The zero-order valence-corrected chi connectivity index (χ0v) is 9.03. The topological polar surface area (TPSA) is 38.3 Å². The fourth-order valence-corrected chi connectivity index (χ4v) is 1.16. The molecule has 0 saturated heterocycles. The molecule has 0 bridgehead atoms. The van der Waals surface area contributed by atoms with E-state index in [1.165, 1.54) is 0 Å². The predicted octanol–water partition coefficient (Wildman–Crippen LogP) is 1.73. The summed E-state index contributed by atoms with van der Waals surface area (Å²) in [5, 5.41) is 3.00. The molecular formula is C12H17NO2. The lowest BCUT2D eigenvalue weighted by Crippen LogP contribution is -2.25. The minimum atomic E-state index is -0.202. The molecule has 0 aliphatic rings. The summed E-state index contributed by atoms with van der Waals surface area (Å²) in [7, 11) is 0. The maximum Gasteiger partial charge on any atom is 0.320 e. The fourth-order valence-electron chi connectivity index (χ4n) is 1.16. The first kappa shape index (κ1) is 11.7. The molecule has 1 rings (SSSR count). The van der Waals surface area contributed by atoms with Crippen molar-refractivity contribution >= 4 is 5.97 Å². The van der Waals surface area contributed by atoms with E-state index < -0.39 is 0 Å². The van der Waals surface area contributed by atoms with Gasteiger partial charge < -0.3 is 10.1 Å². The number of carbonyl (C=O) groups is 1. The third-order valence-electron chi connectivity index (χ3n) is 1.94. The zero-order chi connectivity index (χ0) is 10.9. The van der Waals surface area contributed by atoms with Crippen molar-refractivity contribution in [2.24, 2.45) is 0 Å². The summed E-state index contributed by atoms with van der Waals surface area (Å²) in [6.07, 6.45) is 1.02. The highest BCUT2D eigenvalue weighted by Gasteiger charge is 2.01. The highest BCUT2D eigenvalue weighted by molar-refractivity contribution is 5.71. The Bertz CT molecular complexity index is 285. The normalized spacial score (nSPS) is 9.93. The van der Waals surface area contributed by atoms with E-state index in [4.69, 9.17) is 4.74 Å². The first-order chi connectivity index (χ1) is 7.33. The second-order valence-corrected chi connectivity index (χ2v) is 3.32. The molecule has 1 aromatic rings. The predicted molar refractivity (Wildman–Crippen MR) is 59.4 cm³/mol. The molecular weight excluding hydrogens is 190 g/mol. The van der Waals surface area contributed by atoms with Gasteiger partial charge in [0.05, 0.1) is 6.54 Å². The van der Waals surface area contributed by atoms with Crippen LogP contribution in [0.5, 0.6) is 0 Å². The molecule has 0 amide bonds. The van der Waals surface area contributed by atoms with Gasteiger partial charge in [-0.05, 0) is 18.5 Å². The average Bonchev–Trinajstić information content (AvgIpc) is 2.28. The van der Waals surface area contributed by atoms with Crippen molar-refractivity contribution in [2.45, 2.75) is 20.0 Å². The molecule has 0 spiro atoms. The Balaban J connectivity index is 2.17. The maximum atomic E-state index is 11.2. The number of hydrogen-bond donors (Lipinski definition) is 1. The van der Waals surface area contributed by atoms with E-state index in [-0.39, 0.29) is 5.97 Å². The van der Waals surface area contributed by atoms with E-state index >= 15 is 0 Å².